The van der Waals surface area contributed by atoms with Gasteiger partial charge in [-0.15, -0.1) is 0 Å². The molecule has 1 aromatic rings. The summed E-state index contributed by atoms with van der Waals surface area (Å²) in [5.74, 6) is 1.91. The molecule has 2 rings (SSSR count). The number of morpholine rings is 1. The second-order valence-corrected chi connectivity index (χ2v) is 5.92. The lowest BCUT2D eigenvalue weighted by atomic mass is 10.0. The number of rotatable bonds is 5. The van der Waals surface area contributed by atoms with E-state index in [-0.39, 0.29) is 5.54 Å². The van der Waals surface area contributed by atoms with Crippen molar-refractivity contribution in [3.63, 3.8) is 0 Å². The summed E-state index contributed by atoms with van der Waals surface area (Å²) >= 11 is 0. The number of guanidine groups is 1. The Hall–Kier alpha value is -1.67. The maximum atomic E-state index is 5.41. The summed E-state index contributed by atoms with van der Waals surface area (Å²) in [4.78, 5) is 10.8. The molecular formula is C14H26N6O2. The summed E-state index contributed by atoms with van der Waals surface area (Å²) in [5.41, 5.74) is 0.0319. The van der Waals surface area contributed by atoms with Crippen LogP contribution in [0.25, 0.3) is 0 Å². The monoisotopic (exact) mass is 310 g/mol. The van der Waals surface area contributed by atoms with Gasteiger partial charge in [0, 0.05) is 39.1 Å². The zero-order valence-electron chi connectivity index (χ0n) is 13.8. The summed E-state index contributed by atoms with van der Waals surface area (Å²) in [5, 5.41) is 10.4. The molecule has 0 aromatic carbocycles. The predicted molar refractivity (Wildman–Crippen MR) is 83.7 cm³/mol. The Morgan fingerprint density at radius 3 is 2.64 bits per heavy atom. The minimum Gasteiger partial charge on any atom is -0.379 e. The minimum atomic E-state index is 0.0319. The van der Waals surface area contributed by atoms with Crippen molar-refractivity contribution in [2.75, 3.05) is 39.9 Å². The lowest BCUT2D eigenvalue weighted by Crippen LogP contribution is -2.56. The zero-order chi connectivity index (χ0) is 16.0. The number of hydrogen-bond acceptors (Lipinski definition) is 6. The molecule has 0 bridgehead atoms. The van der Waals surface area contributed by atoms with Gasteiger partial charge in [0.2, 0.25) is 5.89 Å². The van der Waals surface area contributed by atoms with E-state index in [2.05, 4.69) is 44.5 Å². The van der Waals surface area contributed by atoms with Crippen molar-refractivity contribution in [1.29, 1.82) is 0 Å². The lowest BCUT2D eigenvalue weighted by molar-refractivity contribution is -0.00834. The second-order valence-electron chi connectivity index (χ2n) is 5.92. The molecule has 1 saturated heterocycles. The van der Waals surface area contributed by atoms with E-state index >= 15 is 0 Å². The predicted octanol–water partition coefficient (Wildman–Crippen LogP) is 0.154. The van der Waals surface area contributed by atoms with Gasteiger partial charge in [0.25, 0.3) is 0 Å². The van der Waals surface area contributed by atoms with E-state index in [1.165, 1.54) is 0 Å². The summed E-state index contributed by atoms with van der Waals surface area (Å²) in [6.07, 6.45) is 0. The van der Waals surface area contributed by atoms with Gasteiger partial charge in [0.15, 0.2) is 11.8 Å². The van der Waals surface area contributed by atoms with Crippen LogP contribution in [-0.2, 0) is 11.3 Å². The SMILES string of the molecule is CN=C(NCc1noc(C)n1)NCC(C)(C)N1CCOCC1. The van der Waals surface area contributed by atoms with Crippen LogP contribution < -0.4 is 10.6 Å². The van der Waals surface area contributed by atoms with Crippen LogP contribution in [0.3, 0.4) is 0 Å². The molecule has 0 saturated carbocycles. The highest BCUT2D eigenvalue weighted by Gasteiger charge is 2.28. The van der Waals surface area contributed by atoms with Crippen molar-refractivity contribution in [3.8, 4) is 0 Å². The molecule has 1 aliphatic rings. The van der Waals surface area contributed by atoms with Gasteiger partial charge in [-0.25, -0.2) is 0 Å². The Bertz CT molecular complexity index is 493. The first kappa shape index (κ1) is 16.7. The van der Waals surface area contributed by atoms with Crippen molar-refractivity contribution in [2.45, 2.75) is 32.9 Å². The molecule has 1 aliphatic heterocycles. The third kappa shape index (κ3) is 4.67. The summed E-state index contributed by atoms with van der Waals surface area (Å²) < 4.78 is 10.4. The molecule has 0 unspecified atom stereocenters. The normalized spacial score (nSPS) is 17.5. The Kier molecular flexibility index (Phi) is 5.73. The van der Waals surface area contributed by atoms with Gasteiger partial charge in [-0.1, -0.05) is 5.16 Å². The van der Waals surface area contributed by atoms with Gasteiger partial charge in [-0.2, -0.15) is 4.98 Å². The van der Waals surface area contributed by atoms with Crippen molar-refractivity contribution in [2.24, 2.45) is 4.99 Å². The maximum absolute atomic E-state index is 5.41. The molecule has 0 aliphatic carbocycles. The van der Waals surface area contributed by atoms with Crippen LogP contribution in [0.1, 0.15) is 25.6 Å². The molecule has 0 atom stereocenters. The number of nitrogens with one attached hydrogen (secondary N) is 2. The fraction of sp³-hybridized carbons (Fsp3) is 0.786. The molecule has 0 amide bonds. The van der Waals surface area contributed by atoms with Gasteiger partial charge >= 0.3 is 0 Å². The van der Waals surface area contributed by atoms with Crippen LogP contribution >= 0.6 is 0 Å². The second kappa shape index (κ2) is 7.55. The largest absolute Gasteiger partial charge is 0.379 e. The van der Waals surface area contributed by atoms with Gasteiger partial charge in [-0.3, -0.25) is 9.89 Å². The van der Waals surface area contributed by atoms with E-state index < -0.39 is 0 Å². The highest BCUT2D eigenvalue weighted by molar-refractivity contribution is 5.79. The Labute approximate surface area is 131 Å². The molecule has 8 nitrogen and oxygen atoms in total. The average Bonchev–Trinajstić information content (AvgIpc) is 2.94. The Balaban J connectivity index is 1.79. The van der Waals surface area contributed by atoms with Gasteiger partial charge < -0.3 is 19.9 Å². The first-order valence-electron chi connectivity index (χ1n) is 7.58. The average molecular weight is 310 g/mol. The number of aliphatic imine (C=N–C) groups is 1. The number of aryl methyl sites for hydroxylation is 1. The standard InChI is InChI=1S/C14H26N6O2/c1-11-18-12(19-22-11)9-16-13(15-4)17-10-14(2,3)20-5-7-21-8-6-20/h5-10H2,1-4H3,(H2,15,16,17). The molecule has 1 fully saturated rings. The number of nitrogens with zero attached hydrogens (tertiary/aromatic N) is 4. The highest BCUT2D eigenvalue weighted by Crippen LogP contribution is 2.14. The third-order valence-electron chi connectivity index (χ3n) is 3.76. The smallest absolute Gasteiger partial charge is 0.223 e. The molecule has 2 N–H and O–H groups in total. The first-order valence-corrected chi connectivity index (χ1v) is 7.58. The van der Waals surface area contributed by atoms with E-state index in [0.717, 1.165) is 38.8 Å². The highest BCUT2D eigenvalue weighted by atomic mass is 16.5. The molecule has 2 heterocycles. The van der Waals surface area contributed by atoms with Crippen molar-refractivity contribution < 1.29 is 9.26 Å². The van der Waals surface area contributed by atoms with Crippen LogP contribution in [0.5, 0.6) is 0 Å². The zero-order valence-corrected chi connectivity index (χ0v) is 13.8. The topological polar surface area (TPSA) is 87.8 Å². The fourth-order valence-corrected chi connectivity index (χ4v) is 2.38. The number of aromatic nitrogens is 2. The molecule has 8 heteroatoms. The fourth-order valence-electron chi connectivity index (χ4n) is 2.38. The van der Waals surface area contributed by atoms with Crippen molar-refractivity contribution in [1.82, 2.24) is 25.7 Å². The van der Waals surface area contributed by atoms with Crippen molar-refractivity contribution >= 4 is 5.96 Å². The van der Waals surface area contributed by atoms with E-state index in [1.807, 2.05) is 0 Å². The molecule has 0 radical (unpaired) electrons. The Morgan fingerprint density at radius 1 is 1.32 bits per heavy atom. The van der Waals surface area contributed by atoms with E-state index in [1.54, 1.807) is 14.0 Å². The van der Waals surface area contributed by atoms with Crippen LogP contribution in [0.15, 0.2) is 9.52 Å². The molecule has 22 heavy (non-hydrogen) atoms. The number of hydrogen-bond donors (Lipinski definition) is 2. The Morgan fingerprint density at radius 2 is 2.05 bits per heavy atom. The number of ether oxygens (including phenoxy) is 1. The summed E-state index contributed by atoms with van der Waals surface area (Å²) in [7, 11) is 1.75. The molecule has 1 aromatic heterocycles. The van der Waals surface area contributed by atoms with E-state index in [9.17, 15) is 0 Å². The maximum Gasteiger partial charge on any atom is 0.223 e. The van der Waals surface area contributed by atoms with Crippen LogP contribution in [0, 0.1) is 6.92 Å². The first-order chi connectivity index (χ1) is 10.5. The quantitative estimate of drug-likeness (QED) is 0.591. The minimum absolute atomic E-state index is 0.0319. The van der Waals surface area contributed by atoms with Gasteiger partial charge in [0.05, 0.1) is 19.8 Å². The van der Waals surface area contributed by atoms with Gasteiger partial charge in [-0.05, 0) is 13.8 Å². The lowest BCUT2D eigenvalue weighted by Gasteiger charge is -2.41. The summed E-state index contributed by atoms with van der Waals surface area (Å²) in [6.45, 7) is 11.0. The third-order valence-corrected chi connectivity index (χ3v) is 3.76. The van der Waals surface area contributed by atoms with Crippen LogP contribution in [0.4, 0.5) is 0 Å². The van der Waals surface area contributed by atoms with Gasteiger partial charge in [0.1, 0.15) is 0 Å². The van der Waals surface area contributed by atoms with Crippen molar-refractivity contribution in [3.05, 3.63) is 11.7 Å². The molecular weight excluding hydrogens is 284 g/mol. The van der Waals surface area contributed by atoms with Crippen LogP contribution in [0.2, 0.25) is 0 Å². The van der Waals surface area contributed by atoms with E-state index in [0.29, 0.717) is 18.3 Å². The molecule has 0 spiro atoms. The van der Waals surface area contributed by atoms with E-state index in [4.69, 9.17) is 9.26 Å². The summed E-state index contributed by atoms with van der Waals surface area (Å²) in [6, 6.07) is 0. The van der Waals surface area contributed by atoms with Crippen LogP contribution in [-0.4, -0.2) is 66.4 Å². The molecule has 124 valence electrons.